The third kappa shape index (κ3) is 10.3. The SMILES string of the molecule is CN(Cc1ccccc1OCC1=C(Cl)SNN1)CC1C=CCC=C(C(=O)NCC(=O)CSCc2ccccc2Cl)S1. The first-order valence-corrected chi connectivity index (χ1v) is 16.6. The van der Waals surface area contributed by atoms with Crippen LogP contribution in [0, 0.1) is 0 Å². The molecule has 41 heavy (non-hydrogen) atoms. The van der Waals surface area contributed by atoms with Crippen molar-refractivity contribution >= 4 is 70.4 Å². The number of carbonyl (C=O) groups excluding carboxylic acids is 2. The normalized spacial score (nSPS) is 16.8. The van der Waals surface area contributed by atoms with Crippen LogP contribution in [-0.2, 0) is 21.9 Å². The molecule has 0 aromatic heterocycles. The van der Waals surface area contributed by atoms with Crippen molar-refractivity contribution in [3.05, 3.63) is 97.9 Å². The number of benzene rings is 2. The van der Waals surface area contributed by atoms with Gasteiger partial charge in [-0.3, -0.25) is 9.59 Å². The van der Waals surface area contributed by atoms with E-state index in [0.29, 0.717) is 45.4 Å². The Kier molecular flexibility index (Phi) is 12.9. The number of nitrogens with zero attached hydrogens (tertiary/aromatic N) is 1. The number of hydrogen-bond acceptors (Lipinski definition) is 9. The second kappa shape index (κ2) is 16.6. The third-order valence-corrected chi connectivity index (χ3v) is 9.79. The summed E-state index contributed by atoms with van der Waals surface area (Å²) in [4.78, 5) is 31.0. The van der Waals surface area contributed by atoms with Crippen molar-refractivity contribution < 1.29 is 14.3 Å². The Labute approximate surface area is 264 Å². The summed E-state index contributed by atoms with van der Waals surface area (Å²) in [6.45, 7) is 1.76. The van der Waals surface area contributed by atoms with Crippen LogP contribution in [0.4, 0.5) is 0 Å². The fourth-order valence-electron chi connectivity index (χ4n) is 4.03. The van der Waals surface area contributed by atoms with Gasteiger partial charge in [0.05, 0.1) is 22.9 Å². The first kappa shape index (κ1) is 31.9. The summed E-state index contributed by atoms with van der Waals surface area (Å²) in [7, 11) is 2.05. The number of allylic oxidation sites excluding steroid dienone is 2. The van der Waals surface area contributed by atoms with E-state index in [1.165, 1.54) is 35.5 Å². The topological polar surface area (TPSA) is 82.7 Å². The van der Waals surface area contributed by atoms with Crippen LogP contribution < -0.4 is 20.3 Å². The third-order valence-electron chi connectivity index (χ3n) is 6.07. The van der Waals surface area contributed by atoms with Crippen molar-refractivity contribution in [3.8, 4) is 5.75 Å². The highest BCUT2D eigenvalue weighted by Crippen LogP contribution is 2.29. The predicted molar refractivity (Wildman–Crippen MR) is 174 cm³/mol. The smallest absolute Gasteiger partial charge is 0.257 e. The molecule has 0 saturated carbocycles. The molecule has 0 fully saturated rings. The number of halogens is 2. The van der Waals surface area contributed by atoms with Gasteiger partial charge in [-0.2, -0.15) is 4.83 Å². The molecule has 2 heterocycles. The highest BCUT2D eigenvalue weighted by atomic mass is 35.5. The van der Waals surface area contributed by atoms with E-state index < -0.39 is 0 Å². The summed E-state index contributed by atoms with van der Waals surface area (Å²) < 4.78 is 6.69. The Balaban J connectivity index is 1.22. The number of hydrazine groups is 1. The van der Waals surface area contributed by atoms with Gasteiger partial charge in [0, 0.05) is 34.7 Å². The standard InChI is InChI=1S/C29H32Cl2N4O3S3/c1-35(15-20-8-3-6-12-26(20)38-17-25-28(31)41-34-33-25)16-23-10-4-7-13-27(40-23)29(37)32-14-22(36)19-39-18-21-9-2-5-11-24(21)30/h2-6,8-13,23,33-34H,7,14-19H2,1H3,(H,32,37). The second-order valence-corrected chi connectivity index (χ2v) is 13.5. The minimum atomic E-state index is -0.212. The van der Waals surface area contributed by atoms with Gasteiger partial charge in [-0.05, 0) is 43.1 Å². The van der Waals surface area contributed by atoms with E-state index in [1.54, 1.807) is 0 Å². The van der Waals surface area contributed by atoms with Crippen molar-refractivity contribution in [1.29, 1.82) is 0 Å². The van der Waals surface area contributed by atoms with Crippen molar-refractivity contribution in [1.82, 2.24) is 20.5 Å². The predicted octanol–water partition coefficient (Wildman–Crippen LogP) is 5.88. The lowest BCUT2D eigenvalue weighted by atomic mass is 10.2. The van der Waals surface area contributed by atoms with E-state index in [2.05, 4.69) is 45.7 Å². The van der Waals surface area contributed by atoms with Gasteiger partial charge in [-0.1, -0.05) is 77.8 Å². The number of rotatable bonds is 14. The van der Waals surface area contributed by atoms with Crippen LogP contribution in [0.2, 0.25) is 5.02 Å². The van der Waals surface area contributed by atoms with Gasteiger partial charge < -0.3 is 20.4 Å². The van der Waals surface area contributed by atoms with E-state index in [0.717, 1.165) is 29.1 Å². The molecule has 7 nitrogen and oxygen atoms in total. The lowest BCUT2D eigenvalue weighted by molar-refractivity contribution is -0.121. The van der Waals surface area contributed by atoms with Crippen LogP contribution in [0.5, 0.6) is 5.75 Å². The second-order valence-electron chi connectivity index (χ2n) is 9.37. The maximum absolute atomic E-state index is 12.9. The maximum atomic E-state index is 12.9. The molecule has 2 aliphatic rings. The van der Waals surface area contributed by atoms with E-state index in [-0.39, 0.29) is 23.5 Å². The molecule has 2 aromatic rings. The van der Waals surface area contributed by atoms with E-state index >= 15 is 0 Å². The molecule has 218 valence electrons. The van der Waals surface area contributed by atoms with E-state index in [9.17, 15) is 9.59 Å². The van der Waals surface area contributed by atoms with Gasteiger partial charge in [0.2, 0.25) is 0 Å². The first-order chi connectivity index (χ1) is 19.9. The van der Waals surface area contributed by atoms with Crippen LogP contribution in [0.15, 0.2) is 81.7 Å². The summed E-state index contributed by atoms with van der Waals surface area (Å²) in [5.74, 6) is 1.53. The number of thioether (sulfide) groups is 2. The molecule has 4 rings (SSSR count). The number of ether oxygens (including phenoxy) is 1. The van der Waals surface area contributed by atoms with Crippen LogP contribution in [0.25, 0.3) is 0 Å². The fraction of sp³-hybridized carbons (Fsp3) is 0.310. The Morgan fingerprint density at radius 1 is 1.15 bits per heavy atom. The van der Waals surface area contributed by atoms with Crippen molar-refractivity contribution in [3.63, 3.8) is 0 Å². The van der Waals surface area contributed by atoms with Crippen LogP contribution in [0.1, 0.15) is 17.5 Å². The summed E-state index contributed by atoms with van der Waals surface area (Å²) in [6, 6.07) is 15.6. The van der Waals surface area contributed by atoms with Gasteiger partial charge in [0.25, 0.3) is 5.91 Å². The number of hydrogen-bond donors (Lipinski definition) is 3. The zero-order valence-corrected chi connectivity index (χ0v) is 26.5. The molecule has 0 radical (unpaired) electrons. The number of amides is 1. The van der Waals surface area contributed by atoms with Crippen molar-refractivity contribution in [2.45, 2.75) is 24.0 Å². The monoisotopic (exact) mass is 650 g/mol. The average Bonchev–Trinajstić information content (AvgIpc) is 3.23. The lowest BCUT2D eigenvalue weighted by Gasteiger charge is -2.23. The zero-order valence-electron chi connectivity index (χ0n) is 22.5. The van der Waals surface area contributed by atoms with Gasteiger partial charge in [0.15, 0.2) is 5.78 Å². The summed E-state index contributed by atoms with van der Waals surface area (Å²) >= 11 is 16.7. The molecular weight excluding hydrogens is 619 g/mol. The Morgan fingerprint density at radius 3 is 2.71 bits per heavy atom. The lowest BCUT2D eigenvalue weighted by Crippen LogP contribution is -2.32. The average molecular weight is 652 g/mol. The Hall–Kier alpha value is -2.05. The van der Waals surface area contributed by atoms with Gasteiger partial charge in [-0.25, -0.2) is 0 Å². The van der Waals surface area contributed by atoms with E-state index in [1.807, 2.05) is 48.5 Å². The summed E-state index contributed by atoms with van der Waals surface area (Å²) in [5.41, 5.74) is 5.85. The van der Waals surface area contributed by atoms with E-state index in [4.69, 9.17) is 27.9 Å². The quantitative estimate of drug-likeness (QED) is 0.172. The van der Waals surface area contributed by atoms with Crippen molar-refractivity contribution in [2.75, 3.05) is 32.5 Å². The molecule has 12 heteroatoms. The largest absolute Gasteiger partial charge is 0.487 e. The molecule has 0 spiro atoms. The molecule has 1 amide bonds. The highest BCUT2D eigenvalue weighted by molar-refractivity contribution is 8.04. The summed E-state index contributed by atoms with van der Waals surface area (Å²) in [5, 5.41) is 3.59. The number of carbonyl (C=O) groups is 2. The number of Topliss-reactive ketones (excluding diaryl/α,β-unsaturated/α-hetero) is 1. The number of nitrogens with one attached hydrogen (secondary N) is 3. The Bertz CT molecular complexity index is 1320. The zero-order chi connectivity index (χ0) is 29.0. The number of ketones is 1. The van der Waals surface area contributed by atoms with Crippen LogP contribution >= 0.6 is 58.7 Å². The molecule has 1 unspecified atom stereocenters. The fourth-order valence-corrected chi connectivity index (χ4v) is 7.15. The van der Waals surface area contributed by atoms with Gasteiger partial charge >= 0.3 is 0 Å². The van der Waals surface area contributed by atoms with Crippen molar-refractivity contribution in [2.24, 2.45) is 0 Å². The summed E-state index contributed by atoms with van der Waals surface area (Å²) in [6.07, 6.45) is 6.81. The van der Waals surface area contributed by atoms with Crippen LogP contribution in [0.3, 0.4) is 0 Å². The molecule has 0 saturated heterocycles. The number of para-hydroxylation sites is 1. The highest BCUT2D eigenvalue weighted by Gasteiger charge is 2.20. The van der Waals surface area contributed by atoms with Crippen LogP contribution in [-0.4, -0.2) is 54.3 Å². The first-order valence-electron chi connectivity index (χ1n) is 13.0. The molecule has 2 aromatic carbocycles. The molecule has 1 atom stereocenters. The van der Waals surface area contributed by atoms with Gasteiger partial charge in [-0.15, -0.1) is 23.5 Å². The minimum absolute atomic E-state index is 0.00736. The maximum Gasteiger partial charge on any atom is 0.257 e. The minimum Gasteiger partial charge on any atom is -0.487 e. The molecular formula is C29H32Cl2N4O3S3. The molecule has 0 bridgehead atoms. The molecule has 2 aliphatic heterocycles. The van der Waals surface area contributed by atoms with Gasteiger partial charge in [0.1, 0.15) is 16.7 Å². The molecule has 3 N–H and O–H groups in total. The molecule has 0 aliphatic carbocycles. The Morgan fingerprint density at radius 2 is 1.93 bits per heavy atom.